The molecule has 5 fully saturated rings. The van der Waals surface area contributed by atoms with E-state index in [1.54, 1.807) is 20.8 Å². The van der Waals surface area contributed by atoms with E-state index < -0.39 is 96.7 Å². The minimum Gasteiger partial charge on any atom is -0.394 e. The maximum Gasteiger partial charge on any atom is 0.187 e. The molecule has 3 saturated carbocycles. The van der Waals surface area contributed by atoms with Crippen LogP contribution >= 0.6 is 0 Å². The summed E-state index contributed by atoms with van der Waals surface area (Å²) in [6, 6.07) is 0. The minimum absolute atomic E-state index is 0.00755. The number of ketones is 1. The Bertz CT molecular complexity index is 1430. The SMILES string of the molecule is C[C@H](CC[C@@H](O)C(C)(C)O)[C@H]1CC[C@@]2(C)[C@@H]3CC=C4[C@@H](CC[C@H](O[C@@H]5O[C@H](C)[C@H](O)[C@@H](O)[C@H]5O[C@H]5O[C@H](CO)[C@@H](O)[C@H](O)[C@H]5O)C4(C)C)[C@]3(C)C(=O)C[C@]12C. The molecule has 13 nitrogen and oxygen atoms in total. The number of hydrogen-bond acceptors (Lipinski definition) is 13. The third-order valence-electron chi connectivity index (χ3n) is 16.3. The van der Waals surface area contributed by atoms with Crippen LogP contribution in [0.4, 0.5) is 0 Å². The summed E-state index contributed by atoms with van der Waals surface area (Å²) < 4.78 is 24.4. The molecule has 316 valence electrons. The minimum atomic E-state index is -1.73. The normalized spacial score (nSPS) is 49.7. The van der Waals surface area contributed by atoms with E-state index in [0.29, 0.717) is 43.3 Å². The molecule has 6 rings (SSSR count). The van der Waals surface area contributed by atoms with Crippen LogP contribution in [0.15, 0.2) is 11.6 Å². The summed E-state index contributed by atoms with van der Waals surface area (Å²) in [7, 11) is 0. The molecule has 2 heterocycles. The highest BCUT2D eigenvalue weighted by atomic mass is 16.8. The van der Waals surface area contributed by atoms with E-state index in [4.69, 9.17) is 18.9 Å². The van der Waals surface area contributed by atoms with Gasteiger partial charge in [0.15, 0.2) is 12.6 Å². The van der Waals surface area contributed by atoms with Gasteiger partial charge in [0.1, 0.15) is 48.5 Å². The molecule has 0 spiro atoms. The summed E-state index contributed by atoms with van der Waals surface area (Å²) in [5, 5.41) is 84.0. The molecule has 0 unspecified atom stereocenters. The molecule has 0 aromatic carbocycles. The highest BCUT2D eigenvalue weighted by Gasteiger charge is 2.70. The van der Waals surface area contributed by atoms with Gasteiger partial charge in [0.25, 0.3) is 0 Å². The third-order valence-corrected chi connectivity index (χ3v) is 16.3. The fraction of sp³-hybridized carbons (Fsp3) is 0.929. The van der Waals surface area contributed by atoms with E-state index in [0.717, 1.165) is 25.7 Å². The lowest BCUT2D eigenvalue weighted by Crippen LogP contribution is -2.65. The number of allylic oxidation sites excluding steroid dienone is 1. The van der Waals surface area contributed by atoms with Crippen molar-refractivity contribution in [3.05, 3.63) is 11.6 Å². The van der Waals surface area contributed by atoms with Crippen LogP contribution in [0.3, 0.4) is 0 Å². The predicted octanol–water partition coefficient (Wildman–Crippen LogP) is 2.36. The lowest BCUT2D eigenvalue weighted by atomic mass is 9.38. The third kappa shape index (κ3) is 7.01. The van der Waals surface area contributed by atoms with Gasteiger partial charge in [-0.25, -0.2) is 0 Å². The van der Waals surface area contributed by atoms with Crippen molar-refractivity contribution in [2.24, 2.45) is 45.3 Å². The molecule has 8 N–H and O–H groups in total. The summed E-state index contributed by atoms with van der Waals surface area (Å²) in [5.74, 6) is 1.10. The predicted molar refractivity (Wildman–Crippen MR) is 200 cm³/mol. The number of Topliss-reactive ketones (excluding diaryl/α,β-unsaturated/α-hetero) is 1. The average Bonchev–Trinajstić information content (AvgIpc) is 3.38. The Morgan fingerprint density at radius 3 is 2.18 bits per heavy atom. The maximum atomic E-state index is 14.8. The van der Waals surface area contributed by atoms with Crippen LogP contribution in [0, 0.1) is 45.3 Å². The van der Waals surface area contributed by atoms with Crippen molar-refractivity contribution in [2.45, 2.75) is 193 Å². The number of aliphatic hydroxyl groups excluding tert-OH is 7. The Balaban J connectivity index is 1.22. The number of fused-ring (bicyclic) bond motifs is 5. The van der Waals surface area contributed by atoms with E-state index in [2.05, 4.69) is 47.6 Å². The largest absolute Gasteiger partial charge is 0.394 e. The van der Waals surface area contributed by atoms with Crippen molar-refractivity contribution in [2.75, 3.05) is 6.61 Å². The summed E-state index contributed by atoms with van der Waals surface area (Å²) in [5.41, 5.74) is -1.38. The molecule has 19 atom stereocenters. The molecule has 0 amide bonds. The van der Waals surface area contributed by atoms with Gasteiger partial charge in [-0.1, -0.05) is 53.2 Å². The van der Waals surface area contributed by atoms with E-state index >= 15 is 0 Å². The molecule has 2 aliphatic heterocycles. The lowest BCUT2D eigenvalue weighted by Gasteiger charge is -2.65. The fourth-order valence-electron chi connectivity index (χ4n) is 12.3. The zero-order valence-electron chi connectivity index (χ0n) is 34.3. The number of carbonyl (C=O) groups is 1. The summed E-state index contributed by atoms with van der Waals surface area (Å²) in [6.07, 6.45) is -7.09. The van der Waals surface area contributed by atoms with Crippen molar-refractivity contribution >= 4 is 5.78 Å². The van der Waals surface area contributed by atoms with E-state index in [1.165, 1.54) is 5.57 Å². The van der Waals surface area contributed by atoms with Crippen LogP contribution in [0.1, 0.15) is 114 Å². The zero-order valence-corrected chi connectivity index (χ0v) is 34.3. The molecule has 55 heavy (non-hydrogen) atoms. The average molecular weight is 783 g/mol. The maximum absolute atomic E-state index is 14.8. The summed E-state index contributed by atoms with van der Waals surface area (Å²) in [4.78, 5) is 14.8. The highest BCUT2D eigenvalue weighted by molar-refractivity contribution is 5.88. The first kappa shape index (κ1) is 43.5. The Morgan fingerprint density at radius 2 is 1.55 bits per heavy atom. The van der Waals surface area contributed by atoms with Gasteiger partial charge in [0.05, 0.1) is 30.5 Å². The summed E-state index contributed by atoms with van der Waals surface area (Å²) in [6.45, 7) is 17.6. The molecule has 0 bridgehead atoms. The van der Waals surface area contributed by atoms with Crippen LogP contribution in [0.5, 0.6) is 0 Å². The molecule has 6 aliphatic rings. The Hall–Kier alpha value is -1.07. The topological polar surface area (TPSA) is 216 Å². The van der Waals surface area contributed by atoms with Gasteiger partial charge in [-0.2, -0.15) is 0 Å². The van der Waals surface area contributed by atoms with Gasteiger partial charge in [-0.3, -0.25) is 4.79 Å². The number of carbonyl (C=O) groups excluding carboxylic acids is 1. The second-order valence-electron chi connectivity index (χ2n) is 20.0. The molecule has 13 heteroatoms. The van der Waals surface area contributed by atoms with Crippen LogP contribution < -0.4 is 0 Å². The van der Waals surface area contributed by atoms with Gasteiger partial charge in [-0.05, 0) is 100 Å². The standard InChI is InChI=1S/C42H70O13/c1-20(10-14-27(44)39(5,6)51)22-16-17-40(7)26-13-11-23-24(42(26,9)28(45)18-41(22,40)8)12-15-29(38(23,3)4)54-37-35(33(49)30(46)21(2)52-37)55-36-34(50)32(48)31(47)25(19-43)53-36/h11,20-22,24-27,29-37,43-44,46-51H,10,12-19H2,1-9H3/t20-,21-,22-,24-,25-,26+,27-,29+,30+,31-,32+,33-,34-,35-,36-,37+,40+,41-,42+/m1/s1. The second kappa shape index (κ2) is 15.2. The lowest BCUT2D eigenvalue weighted by molar-refractivity contribution is -0.372. The first-order valence-electron chi connectivity index (χ1n) is 20.7. The quantitative estimate of drug-likeness (QED) is 0.150. The van der Waals surface area contributed by atoms with E-state index in [1.807, 2.05) is 0 Å². The number of aliphatic hydroxyl groups is 8. The Morgan fingerprint density at radius 1 is 0.873 bits per heavy atom. The Labute approximate surface area is 326 Å². The number of hydrogen-bond donors (Lipinski definition) is 8. The van der Waals surface area contributed by atoms with E-state index in [9.17, 15) is 45.6 Å². The van der Waals surface area contributed by atoms with Crippen LogP contribution in [0.2, 0.25) is 0 Å². The molecule has 4 aliphatic carbocycles. The van der Waals surface area contributed by atoms with Gasteiger partial charge >= 0.3 is 0 Å². The van der Waals surface area contributed by atoms with E-state index in [-0.39, 0.29) is 22.7 Å². The Kier molecular flexibility index (Phi) is 12.0. The van der Waals surface area contributed by atoms with Crippen molar-refractivity contribution in [1.29, 1.82) is 0 Å². The van der Waals surface area contributed by atoms with Gasteiger partial charge in [0, 0.05) is 17.3 Å². The van der Waals surface area contributed by atoms with Gasteiger partial charge in [-0.15, -0.1) is 0 Å². The van der Waals surface area contributed by atoms with Crippen molar-refractivity contribution in [1.82, 2.24) is 0 Å². The van der Waals surface area contributed by atoms with Crippen LogP contribution in [-0.4, -0.2) is 132 Å². The zero-order chi connectivity index (χ0) is 40.8. The molecule has 2 saturated heterocycles. The highest BCUT2D eigenvalue weighted by Crippen LogP contribution is 2.74. The first-order valence-corrected chi connectivity index (χ1v) is 20.7. The number of rotatable bonds is 10. The number of ether oxygens (including phenoxy) is 4. The monoisotopic (exact) mass is 782 g/mol. The van der Waals surface area contributed by atoms with Crippen molar-refractivity contribution in [3.63, 3.8) is 0 Å². The van der Waals surface area contributed by atoms with Crippen molar-refractivity contribution in [3.8, 4) is 0 Å². The molecule has 0 aromatic rings. The van der Waals surface area contributed by atoms with Crippen molar-refractivity contribution < 1.29 is 64.6 Å². The molecular formula is C42H70O13. The molecule has 0 aromatic heterocycles. The smallest absolute Gasteiger partial charge is 0.187 e. The van der Waals surface area contributed by atoms with Crippen LogP contribution in [-0.2, 0) is 23.7 Å². The van der Waals surface area contributed by atoms with Gasteiger partial charge in [0.2, 0.25) is 0 Å². The second-order valence-corrected chi connectivity index (χ2v) is 20.0. The molecular weight excluding hydrogens is 712 g/mol. The fourth-order valence-corrected chi connectivity index (χ4v) is 12.3. The van der Waals surface area contributed by atoms with Crippen LogP contribution in [0.25, 0.3) is 0 Å². The van der Waals surface area contributed by atoms with Gasteiger partial charge < -0.3 is 59.8 Å². The molecule has 0 radical (unpaired) electrons. The summed E-state index contributed by atoms with van der Waals surface area (Å²) >= 11 is 0. The first-order chi connectivity index (χ1) is 25.4.